The van der Waals surface area contributed by atoms with E-state index in [0.29, 0.717) is 32.8 Å². The number of carbonyl (C=O) groups excluding carboxylic acids is 4. The van der Waals surface area contributed by atoms with Crippen molar-refractivity contribution in [3.05, 3.63) is 106 Å². The zero-order valence-electron chi connectivity index (χ0n) is 20.0. The number of esters is 1. The zero-order chi connectivity index (χ0) is 27.0. The minimum atomic E-state index is -1.34. The van der Waals surface area contributed by atoms with Crippen molar-refractivity contribution in [1.82, 2.24) is 4.90 Å². The number of amides is 2. The molecule has 3 aliphatic carbocycles. The lowest BCUT2D eigenvalue weighted by molar-refractivity contribution is -0.157. The lowest BCUT2D eigenvalue weighted by atomic mass is 9.54. The molecule has 3 aromatic carbocycles. The average Bonchev–Trinajstić information content (AvgIpc) is 3.21. The van der Waals surface area contributed by atoms with Crippen LogP contribution in [0.25, 0.3) is 0 Å². The Hall–Kier alpha value is -3.19. The van der Waals surface area contributed by atoms with Crippen molar-refractivity contribution < 1.29 is 23.9 Å². The Balaban J connectivity index is 1.33. The van der Waals surface area contributed by atoms with Gasteiger partial charge in [0.1, 0.15) is 15.8 Å². The second kappa shape index (κ2) is 8.67. The van der Waals surface area contributed by atoms with Gasteiger partial charge in [0.15, 0.2) is 12.4 Å². The molecule has 2 amide bonds. The minimum Gasteiger partial charge on any atom is -0.456 e. The summed E-state index contributed by atoms with van der Waals surface area (Å²) in [5.41, 5.74) is 2.99. The molecule has 9 heteroatoms. The minimum absolute atomic E-state index is 0.314. The van der Waals surface area contributed by atoms with Crippen molar-refractivity contribution in [2.24, 2.45) is 11.8 Å². The van der Waals surface area contributed by atoms with Crippen LogP contribution in [-0.2, 0) is 28.9 Å². The molecule has 3 aromatic rings. The van der Waals surface area contributed by atoms with Crippen LogP contribution in [0.5, 0.6) is 0 Å². The highest BCUT2D eigenvalue weighted by molar-refractivity contribution is 6.36. The van der Waals surface area contributed by atoms with Gasteiger partial charge in [0, 0.05) is 10.6 Å². The molecule has 192 valence electrons. The van der Waals surface area contributed by atoms with Gasteiger partial charge >= 0.3 is 5.97 Å². The van der Waals surface area contributed by atoms with Crippen molar-refractivity contribution in [2.75, 3.05) is 6.61 Å². The number of ether oxygens (including phenoxy) is 1. The molecule has 0 N–H and O–H groups in total. The first-order chi connectivity index (χ1) is 18.1. The molecule has 0 radical (unpaired) electrons. The Kier molecular flexibility index (Phi) is 5.73. The Bertz CT molecular complexity index is 1410. The number of ketones is 1. The maximum absolute atomic E-state index is 13.9. The smallest absolute Gasteiger partial charge is 0.329 e. The van der Waals surface area contributed by atoms with Gasteiger partial charge in [-0.2, -0.15) is 0 Å². The topological polar surface area (TPSA) is 80.8 Å². The van der Waals surface area contributed by atoms with E-state index in [0.717, 1.165) is 4.90 Å². The van der Waals surface area contributed by atoms with Crippen LogP contribution in [0.2, 0.25) is 5.02 Å². The van der Waals surface area contributed by atoms with Crippen LogP contribution >= 0.6 is 34.8 Å². The summed E-state index contributed by atoms with van der Waals surface area (Å²) < 4.78 is 5.22. The predicted octanol–water partition coefficient (Wildman–Crippen LogP) is 5.05. The molecular formula is C29H20Cl3NO5. The van der Waals surface area contributed by atoms with Gasteiger partial charge < -0.3 is 4.74 Å². The summed E-state index contributed by atoms with van der Waals surface area (Å²) in [5, 5.41) is 0.465. The van der Waals surface area contributed by atoms with E-state index in [4.69, 9.17) is 39.5 Å². The van der Waals surface area contributed by atoms with Crippen molar-refractivity contribution >= 4 is 58.4 Å². The molecule has 1 aliphatic heterocycles. The summed E-state index contributed by atoms with van der Waals surface area (Å²) in [6, 6.07) is 19.4. The van der Waals surface area contributed by atoms with Crippen LogP contribution in [0.3, 0.4) is 0 Å². The van der Waals surface area contributed by atoms with E-state index in [9.17, 15) is 19.2 Å². The number of nitrogens with zero attached hydrogens (tertiary/aromatic N) is 1. The average molecular weight is 569 g/mol. The highest BCUT2D eigenvalue weighted by atomic mass is 35.5. The van der Waals surface area contributed by atoms with Gasteiger partial charge in [-0.05, 0) is 53.4 Å². The summed E-state index contributed by atoms with van der Waals surface area (Å²) in [5.74, 6) is -4.58. The lowest BCUT2D eigenvalue weighted by Crippen LogP contribution is -2.57. The number of imide groups is 1. The number of alkyl halides is 2. The summed E-state index contributed by atoms with van der Waals surface area (Å²) in [4.78, 5) is 51.5. The molecule has 6 nitrogen and oxygen atoms in total. The molecule has 2 bridgehead atoms. The standard InChI is InChI=1S/C29H20Cl3NO5/c1-15(27(37)38-14-22(34)16-10-12-17(30)13-11-16)33-25(35)23-24(26(33)36)29(32)19-7-3-2-6-18(19)28(23,31)20-8-4-5-9-21(20)29/h2-13,15,23-24H,14H2,1H3/t15-,23-,24-,28?,29?/m1/s1. The number of hydrogen-bond acceptors (Lipinski definition) is 5. The molecule has 1 fully saturated rings. The molecule has 0 unspecified atom stereocenters. The summed E-state index contributed by atoms with van der Waals surface area (Å²) in [7, 11) is 0. The third-order valence-corrected chi connectivity index (χ3v) is 9.40. The number of halogens is 3. The fourth-order valence-corrected chi connectivity index (χ4v) is 7.38. The second-order valence-corrected chi connectivity index (χ2v) is 11.4. The molecule has 1 heterocycles. The van der Waals surface area contributed by atoms with Crippen LogP contribution in [0.4, 0.5) is 0 Å². The largest absolute Gasteiger partial charge is 0.456 e. The van der Waals surface area contributed by atoms with Gasteiger partial charge in [-0.3, -0.25) is 19.3 Å². The number of Topliss-reactive ketones (excluding diaryl/α,β-unsaturated/α-hetero) is 1. The monoisotopic (exact) mass is 567 g/mol. The first-order valence-corrected chi connectivity index (χ1v) is 13.1. The predicted molar refractivity (Wildman–Crippen MR) is 141 cm³/mol. The zero-order valence-corrected chi connectivity index (χ0v) is 22.3. The van der Waals surface area contributed by atoms with Crippen LogP contribution in [-0.4, -0.2) is 41.1 Å². The summed E-state index contributed by atoms with van der Waals surface area (Å²) in [6.07, 6.45) is 0. The lowest BCUT2D eigenvalue weighted by Gasteiger charge is -2.54. The van der Waals surface area contributed by atoms with Crippen molar-refractivity contribution in [3.8, 4) is 0 Å². The number of benzene rings is 3. The van der Waals surface area contributed by atoms with Crippen molar-refractivity contribution in [2.45, 2.75) is 22.7 Å². The molecule has 1 saturated heterocycles. The van der Waals surface area contributed by atoms with Gasteiger partial charge in [0.25, 0.3) is 0 Å². The van der Waals surface area contributed by atoms with Gasteiger partial charge in [-0.25, -0.2) is 4.79 Å². The van der Waals surface area contributed by atoms with E-state index in [1.807, 2.05) is 48.5 Å². The number of hydrogen-bond donors (Lipinski definition) is 0. The maximum atomic E-state index is 13.9. The molecule has 0 aromatic heterocycles. The quantitative estimate of drug-likeness (QED) is 0.186. The molecule has 4 aliphatic rings. The molecule has 38 heavy (non-hydrogen) atoms. The number of rotatable bonds is 5. The molecular weight excluding hydrogens is 549 g/mol. The summed E-state index contributed by atoms with van der Waals surface area (Å²) in [6.45, 7) is 0.843. The normalized spacial score (nSPS) is 27.4. The van der Waals surface area contributed by atoms with Crippen LogP contribution in [0, 0.1) is 11.8 Å². The van der Waals surface area contributed by atoms with Crippen molar-refractivity contribution in [1.29, 1.82) is 0 Å². The molecule has 3 atom stereocenters. The van der Waals surface area contributed by atoms with Gasteiger partial charge in [-0.1, -0.05) is 60.1 Å². The SMILES string of the molecule is C[C@H](C(=O)OCC(=O)c1ccc(Cl)cc1)N1C(=O)[C@H]2[C@H](C1=O)C1(Cl)c3ccccc3C2(Cl)c2ccccc21. The van der Waals surface area contributed by atoms with E-state index >= 15 is 0 Å². The van der Waals surface area contributed by atoms with Gasteiger partial charge in [0.05, 0.1) is 11.8 Å². The van der Waals surface area contributed by atoms with E-state index in [1.54, 1.807) is 12.1 Å². The Morgan fingerprint density at radius 3 is 1.66 bits per heavy atom. The first kappa shape index (κ1) is 25.1. The molecule has 7 rings (SSSR count). The van der Waals surface area contributed by atoms with E-state index < -0.39 is 57.8 Å². The second-order valence-electron chi connectivity index (χ2n) is 9.73. The number of carbonyl (C=O) groups is 4. The van der Waals surface area contributed by atoms with Crippen LogP contribution in [0.15, 0.2) is 72.8 Å². The third kappa shape index (κ3) is 3.20. The van der Waals surface area contributed by atoms with Gasteiger partial charge in [0.2, 0.25) is 11.8 Å². The highest BCUT2D eigenvalue weighted by Crippen LogP contribution is 2.69. The molecule has 0 saturated carbocycles. The fraction of sp³-hybridized carbons (Fsp3) is 0.241. The Morgan fingerprint density at radius 2 is 1.24 bits per heavy atom. The van der Waals surface area contributed by atoms with E-state index in [1.165, 1.54) is 19.1 Å². The molecule has 0 spiro atoms. The summed E-state index contributed by atoms with van der Waals surface area (Å²) >= 11 is 20.6. The Labute approximate surface area is 233 Å². The van der Waals surface area contributed by atoms with Crippen LogP contribution in [0.1, 0.15) is 39.5 Å². The highest BCUT2D eigenvalue weighted by Gasteiger charge is 2.73. The van der Waals surface area contributed by atoms with E-state index in [2.05, 4.69) is 0 Å². The van der Waals surface area contributed by atoms with Crippen LogP contribution < -0.4 is 0 Å². The maximum Gasteiger partial charge on any atom is 0.329 e. The third-order valence-electron chi connectivity index (χ3n) is 7.86. The number of likely N-dealkylation sites (tertiary alicyclic amines) is 1. The van der Waals surface area contributed by atoms with Crippen molar-refractivity contribution in [3.63, 3.8) is 0 Å². The fourth-order valence-electron chi connectivity index (χ4n) is 6.15. The first-order valence-electron chi connectivity index (χ1n) is 12.0. The van der Waals surface area contributed by atoms with E-state index in [-0.39, 0.29) is 0 Å². The van der Waals surface area contributed by atoms with Gasteiger partial charge in [-0.15, -0.1) is 23.2 Å². The Morgan fingerprint density at radius 1 is 0.816 bits per heavy atom.